The molecule has 0 aromatic carbocycles. The van der Waals surface area contributed by atoms with Gasteiger partial charge in [-0.05, 0) is 23.8 Å². The van der Waals surface area contributed by atoms with Crippen LogP contribution in [0.3, 0.4) is 0 Å². The molecular weight excluding hydrogens is 161 g/mol. The Kier molecular flexibility index (Phi) is 2.50. The molecule has 0 bridgehead atoms. The van der Waals surface area contributed by atoms with E-state index in [0.29, 0.717) is 5.75 Å². The van der Waals surface area contributed by atoms with Crippen molar-refractivity contribution in [1.29, 1.82) is 0 Å². The first-order valence-electron chi connectivity index (χ1n) is 3.22. The quantitative estimate of drug-likeness (QED) is 0.583. The van der Waals surface area contributed by atoms with Gasteiger partial charge in [-0.3, -0.25) is 0 Å². The average molecular weight is 170 g/mol. The highest BCUT2D eigenvalue weighted by atomic mass is 32.2. The lowest BCUT2D eigenvalue weighted by atomic mass is 10.1. The Labute approximate surface area is 62.2 Å². The van der Waals surface area contributed by atoms with E-state index in [9.17, 15) is 13.2 Å². The van der Waals surface area contributed by atoms with E-state index in [1.54, 1.807) is 11.8 Å². The van der Waals surface area contributed by atoms with Crippen LogP contribution in [0.4, 0.5) is 13.2 Å². The van der Waals surface area contributed by atoms with Gasteiger partial charge in [-0.1, -0.05) is 0 Å². The minimum absolute atomic E-state index is 0.106. The van der Waals surface area contributed by atoms with Gasteiger partial charge in [0.15, 0.2) is 0 Å². The smallest absolute Gasteiger partial charge is 0.171 e. The summed E-state index contributed by atoms with van der Waals surface area (Å²) < 4.78 is 35.1. The molecule has 0 spiro atoms. The van der Waals surface area contributed by atoms with Crippen molar-refractivity contribution in [2.45, 2.75) is 19.0 Å². The van der Waals surface area contributed by atoms with Crippen LogP contribution in [0, 0.1) is 5.92 Å². The molecule has 10 heavy (non-hydrogen) atoms. The maximum absolute atomic E-state index is 11.7. The van der Waals surface area contributed by atoms with Crippen molar-refractivity contribution in [3.05, 3.63) is 0 Å². The van der Waals surface area contributed by atoms with Gasteiger partial charge >= 0.3 is 6.18 Å². The molecule has 1 rings (SSSR count). The van der Waals surface area contributed by atoms with Crippen LogP contribution in [0.15, 0.2) is 0 Å². The van der Waals surface area contributed by atoms with Gasteiger partial charge < -0.3 is 0 Å². The van der Waals surface area contributed by atoms with E-state index in [1.807, 2.05) is 0 Å². The van der Waals surface area contributed by atoms with Gasteiger partial charge in [0.1, 0.15) is 0 Å². The molecule has 0 N–H and O–H groups in total. The Balaban J connectivity index is 2.24. The van der Waals surface area contributed by atoms with Gasteiger partial charge in [0.05, 0.1) is 0 Å². The molecule has 0 amide bonds. The second-order valence-corrected chi connectivity index (χ2v) is 3.70. The molecule has 0 radical (unpaired) electrons. The maximum Gasteiger partial charge on any atom is 0.389 e. The third kappa shape index (κ3) is 2.82. The Hall–Kier alpha value is 0.140. The van der Waals surface area contributed by atoms with Crippen LogP contribution in [0.25, 0.3) is 0 Å². The largest absolute Gasteiger partial charge is 0.389 e. The van der Waals surface area contributed by atoms with Crippen molar-refractivity contribution >= 4 is 11.8 Å². The van der Waals surface area contributed by atoms with Gasteiger partial charge in [-0.2, -0.15) is 24.9 Å². The molecule has 60 valence electrons. The molecule has 0 aromatic rings. The van der Waals surface area contributed by atoms with Gasteiger partial charge in [-0.25, -0.2) is 0 Å². The summed E-state index contributed by atoms with van der Waals surface area (Å²) in [7, 11) is 0. The van der Waals surface area contributed by atoms with Crippen LogP contribution < -0.4 is 0 Å². The number of hydrogen-bond donors (Lipinski definition) is 0. The first-order chi connectivity index (χ1) is 4.58. The Morgan fingerprint density at radius 1 is 1.40 bits per heavy atom. The molecule has 1 aliphatic heterocycles. The molecule has 0 aliphatic carbocycles. The fourth-order valence-electron chi connectivity index (χ4n) is 1.07. The van der Waals surface area contributed by atoms with Gasteiger partial charge in [-0.15, -0.1) is 0 Å². The summed E-state index contributed by atoms with van der Waals surface area (Å²) in [6, 6.07) is 0. The predicted molar refractivity (Wildman–Crippen MR) is 36.1 cm³/mol. The van der Waals surface area contributed by atoms with Crippen molar-refractivity contribution in [2.24, 2.45) is 5.92 Å². The minimum Gasteiger partial charge on any atom is -0.171 e. The molecule has 1 fully saturated rings. The fraction of sp³-hybridized carbons (Fsp3) is 1.00. The zero-order chi connectivity index (χ0) is 7.61. The number of alkyl halides is 3. The number of thioether (sulfide) groups is 1. The standard InChI is InChI=1S/C6H9F3S/c7-6(8,9)3-5-1-2-10-4-5/h5H,1-4H2. The summed E-state index contributed by atoms with van der Waals surface area (Å²) in [6.45, 7) is 0. The van der Waals surface area contributed by atoms with Crippen LogP contribution >= 0.6 is 11.8 Å². The van der Waals surface area contributed by atoms with E-state index in [0.717, 1.165) is 12.2 Å². The lowest BCUT2D eigenvalue weighted by molar-refractivity contribution is -0.142. The third-order valence-corrected chi connectivity index (χ3v) is 2.78. The third-order valence-electron chi connectivity index (χ3n) is 1.54. The highest BCUT2D eigenvalue weighted by molar-refractivity contribution is 7.99. The van der Waals surface area contributed by atoms with Crippen LogP contribution in [-0.4, -0.2) is 17.7 Å². The van der Waals surface area contributed by atoms with Crippen LogP contribution in [-0.2, 0) is 0 Å². The summed E-state index contributed by atoms with van der Waals surface area (Å²) in [4.78, 5) is 0. The molecule has 4 heteroatoms. The summed E-state index contributed by atoms with van der Waals surface area (Å²) in [6.07, 6.45) is -3.79. The fourth-order valence-corrected chi connectivity index (χ4v) is 2.36. The van der Waals surface area contributed by atoms with Crippen molar-refractivity contribution < 1.29 is 13.2 Å². The molecule has 1 heterocycles. The number of halogens is 3. The molecule has 0 nitrogen and oxygen atoms in total. The van der Waals surface area contributed by atoms with Crippen LogP contribution in [0.5, 0.6) is 0 Å². The Morgan fingerprint density at radius 3 is 2.50 bits per heavy atom. The topological polar surface area (TPSA) is 0 Å². The SMILES string of the molecule is FC(F)(F)CC1CCSC1. The molecule has 1 unspecified atom stereocenters. The second kappa shape index (κ2) is 3.03. The van der Waals surface area contributed by atoms with E-state index in [4.69, 9.17) is 0 Å². The van der Waals surface area contributed by atoms with E-state index >= 15 is 0 Å². The van der Waals surface area contributed by atoms with Crippen molar-refractivity contribution in [2.75, 3.05) is 11.5 Å². The lowest BCUT2D eigenvalue weighted by Gasteiger charge is -2.10. The lowest BCUT2D eigenvalue weighted by Crippen LogP contribution is -2.14. The molecule has 0 aromatic heterocycles. The molecule has 0 saturated carbocycles. The second-order valence-electron chi connectivity index (χ2n) is 2.55. The first-order valence-corrected chi connectivity index (χ1v) is 4.38. The minimum atomic E-state index is -3.95. The maximum atomic E-state index is 11.7. The van der Waals surface area contributed by atoms with E-state index < -0.39 is 12.6 Å². The monoisotopic (exact) mass is 170 g/mol. The van der Waals surface area contributed by atoms with Crippen LogP contribution in [0.1, 0.15) is 12.8 Å². The predicted octanol–water partition coefficient (Wildman–Crippen LogP) is 2.69. The summed E-state index contributed by atoms with van der Waals surface area (Å²) in [5, 5.41) is 0. The zero-order valence-electron chi connectivity index (χ0n) is 5.45. The van der Waals surface area contributed by atoms with E-state index in [1.165, 1.54) is 0 Å². The zero-order valence-corrected chi connectivity index (χ0v) is 6.26. The highest BCUT2D eigenvalue weighted by Crippen LogP contribution is 2.33. The van der Waals surface area contributed by atoms with Crippen molar-refractivity contribution in [3.8, 4) is 0 Å². The Morgan fingerprint density at radius 2 is 2.10 bits per heavy atom. The van der Waals surface area contributed by atoms with Gasteiger partial charge in [0.2, 0.25) is 0 Å². The van der Waals surface area contributed by atoms with Gasteiger partial charge in [0.25, 0.3) is 0 Å². The molecule has 1 aliphatic rings. The molecule has 1 atom stereocenters. The summed E-state index contributed by atoms with van der Waals surface area (Å²) in [5.41, 5.74) is 0. The molecule has 1 saturated heterocycles. The molecular formula is C6H9F3S. The average Bonchev–Trinajstić information content (AvgIpc) is 2.12. The number of rotatable bonds is 1. The van der Waals surface area contributed by atoms with Crippen molar-refractivity contribution in [3.63, 3.8) is 0 Å². The van der Waals surface area contributed by atoms with E-state index in [2.05, 4.69) is 0 Å². The van der Waals surface area contributed by atoms with Crippen LogP contribution in [0.2, 0.25) is 0 Å². The normalized spacial score (nSPS) is 27.3. The Bertz CT molecular complexity index is 104. The summed E-state index contributed by atoms with van der Waals surface area (Å²) >= 11 is 1.62. The first kappa shape index (κ1) is 8.24. The highest BCUT2D eigenvalue weighted by Gasteiger charge is 2.33. The number of hydrogen-bond acceptors (Lipinski definition) is 1. The van der Waals surface area contributed by atoms with Gasteiger partial charge in [0, 0.05) is 6.42 Å². The summed E-state index contributed by atoms with van der Waals surface area (Å²) in [5.74, 6) is 1.49. The van der Waals surface area contributed by atoms with E-state index in [-0.39, 0.29) is 5.92 Å². The van der Waals surface area contributed by atoms with Crippen molar-refractivity contribution in [1.82, 2.24) is 0 Å².